The molecule has 8 nitrogen and oxygen atoms in total. The van der Waals surface area contributed by atoms with Crippen molar-refractivity contribution in [3.63, 3.8) is 0 Å². The molecule has 0 atom stereocenters. The molecule has 3 rings (SSSR count). The van der Waals surface area contributed by atoms with Crippen LogP contribution in [0.5, 0.6) is 23.0 Å². The summed E-state index contributed by atoms with van der Waals surface area (Å²) in [5.74, 6) is 0.000438. The number of rotatable bonds is 13. The highest BCUT2D eigenvalue weighted by Crippen LogP contribution is 2.29. The van der Waals surface area contributed by atoms with Crippen LogP contribution in [0.4, 0.5) is 0 Å². The quantitative estimate of drug-likeness (QED) is 0.0753. The molecule has 0 saturated carbocycles. The molecule has 0 spiro atoms. The third-order valence-corrected chi connectivity index (χ3v) is 5.31. The second-order valence-electron chi connectivity index (χ2n) is 8.38. The van der Waals surface area contributed by atoms with Crippen molar-refractivity contribution in [1.82, 2.24) is 0 Å². The minimum absolute atomic E-state index is 0.267. The van der Waals surface area contributed by atoms with E-state index in [1.165, 1.54) is 37.4 Å². The molecule has 0 aromatic heterocycles. The fourth-order valence-electron chi connectivity index (χ4n) is 3.13. The van der Waals surface area contributed by atoms with Gasteiger partial charge in [-0.15, -0.1) is 0 Å². The lowest BCUT2D eigenvalue weighted by molar-refractivity contribution is -0.137. The van der Waals surface area contributed by atoms with Gasteiger partial charge in [-0.3, -0.25) is 0 Å². The Bertz CT molecular complexity index is 1320. The maximum absolute atomic E-state index is 12.6. The van der Waals surface area contributed by atoms with Crippen molar-refractivity contribution in [2.45, 2.75) is 19.8 Å². The number of unbranched alkanes of at least 4 members (excludes halogenated alkanes) is 1. The molecule has 0 aliphatic rings. The first-order valence-corrected chi connectivity index (χ1v) is 12.8. The largest absolute Gasteiger partial charge is 0.493 e. The molecule has 0 unspecified atom stereocenters. The molecule has 0 heterocycles. The van der Waals surface area contributed by atoms with Crippen molar-refractivity contribution in [3.05, 3.63) is 121 Å². The predicted molar refractivity (Wildman–Crippen MR) is 157 cm³/mol. The fourth-order valence-corrected chi connectivity index (χ4v) is 3.13. The highest BCUT2D eigenvalue weighted by Gasteiger charge is 2.15. The standard InChI is InChI=1S/C29H28O8.C4H6/c1-4-27(30)35-18-6-5-17-34-25-16-11-22(19-26(25)33-3)29(32)37-24-14-9-21(10-15-24)28(31)36-23-12-7-20(2)8-13-23;1-3-4-2/h4,7-16,19H,1,5-6,17-18H2,2-3H3;3-4H,1-2H2. The number of carbonyl (C=O) groups excluding carboxylic acids is 3. The average molecular weight is 559 g/mol. The van der Waals surface area contributed by atoms with Gasteiger partial charge in [-0.25, -0.2) is 14.4 Å². The van der Waals surface area contributed by atoms with Crippen LogP contribution in [0.15, 0.2) is 105 Å². The molecule has 0 N–H and O–H groups in total. The Hall–Kier alpha value is -5.11. The first kappa shape index (κ1) is 32.1. The van der Waals surface area contributed by atoms with Crippen molar-refractivity contribution in [1.29, 1.82) is 0 Å². The van der Waals surface area contributed by atoms with Gasteiger partial charge >= 0.3 is 17.9 Å². The highest BCUT2D eigenvalue weighted by atomic mass is 16.5. The van der Waals surface area contributed by atoms with Gasteiger partial charge in [0.15, 0.2) is 11.5 Å². The normalized spacial score (nSPS) is 9.71. The van der Waals surface area contributed by atoms with Gasteiger partial charge in [0.2, 0.25) is 0 Å². The summed E-state index contributed by atoms with van der Waals surface area (Å²) in [5.41, 5.74) is 1.65. The van der Waals surface area contributed by atoms with Crippen molar-refractivity contribution >= 4 is 17.9 Å². The Morgan fingerprint density at radius 2 is 1.24 bits per heavy atom. The van der Waals surface area contributed by atoms with Crippen LogP contribution in [-0.4, -0.2) is 38.2 Å². The maximum Gasteiger partial charge on any atom is 0.343 e. The van der Waals surface area contributed by atoms with Crippen LogP contribution in [0, 0.1) is 6.92 Å². The fraction of sp³-hybridized carbons (Fsp3) is 0.182. The molecule has 0 aliphatic heterocycles. The molecule has 0 radical (unpaired) electrons. The summed E-state index contributed by atoms with van der Waals surface area (Å²) >= 11 is 0. The van der Waals surface area contributed by atoms with E-state index in [9.17, 15) is 14.4 Å². The van der Waals surface area contributed by atoms with E-state index in [1.807, 2.05) is 19.1 Å². The van der Waals surface area contributed by atoms with Crippen LogP contribution < -0.4 is 18.9 Å². The molecule has 3 aromatic rings. The van der Waals surface area contributed by atoms with E-state index in [0.29, 0.717) is 42.3 Å². The summed E-state index contributed by atoms with van der Waals surface area (Å²) in [4.78, 5) is 36.0. The lowest BCUT2D eigenvalue weighted by Crippen LogP contribution is -2.11. The zero-order valence-corrected chi connectivity index (χ0v) is 23.3. The summed E-state index contributed by atoms with van der Waals surface area (Å²) in [5, 5.41) is 0. The second kappa shape index (κ2) is 17.5. The van der Waals surface area contributed by atoms with Crippen LogP contribution in [0.3, 0.4) is 0 Å². The summed E-state index contributed by atoms with van der Waals surface area (Å²) in [6.45, 7) is 12.7. The molecule has 8 heteroatoms. The number of benzene rings is 3. The van der Waals surface area contributed by atoms with E-state index in [4.69, 9.17) is 23.7 Å². The summed E-state index contributed by atoms with van der Waals surface area (Å²) in [6.07, 6.45) is 5.69. The lowest BCUT2D eigenvalue weighted by Gasteiger charge is -2.12. The van der Waals surface area contributed by atoms with Crippen LogP contribution in [-0.2, 0) is 9.53 Å². The Morgan fingerprint density at radius 1 is 0.707 bits per heavy atom. The Labute approximate surface area is 240 Å². The topological polar surface area (TPSA) is 97.4 Å². The second-order valence-corrected chi connectivity index (χ2v) is 8.38. The molecule has 0 amide bonds. The Balaban J connectivity index is 0.00000138. The smallest absolute Gasteiger partial charge is 0.343 e. The molecule has 0 aliphatic carbocycles. The summed E-state index contributed by atoms with van der Waals surface area (Å²) in [6, 6.07) is 17.9. The Morgan fingerprint density at radius 3 is 1.80 bits per heavy atom. The first-order valence-electron chi connectivity index (χ1n) is 12.8. The monoisotopic (exact) mass is 558 g/mol. The van der Waals surface area contributed by atoms with Crippen LogP contribution in [0.1, 0.15) is 39.1 Å². The number of hydrogen-bond acceptors (Lipinski definition) is 8. The van der Waals surface area contributed by atoms with Crippen LogP contribution in [0.2, 0.25) is 0 Å². The average Bonchev–Trinajstić information content (AvgIpc) is 3.00. The van der Waals surface area contributed by atoms with Gasteiger partial charge in [0.25, 0.3) is 0 Å². The minimum Gasteiger partial charge on any atom is -0.493 e. The summed E-state index contributed by atoms with van der Waals surface area (Å²) in [7, 11) is 1.47. The molecule has 0 bridgehead atoms. The van der Waals surface area contributed by atoms with E-state index in [2.05, 4.69) is 19.7 Å². The third-order valence-electron chi connectivity index (χ3n) is 5.31. The third kappa shape index (κ3) is 11.3. The molecule has 0 fully saturated rings. The Kier molecular flexibility index (Phi) is 13.7. The van der Waals surface area contributed by atoms with Gasteiger partial charge in [-0.05, 0) is 74.4 Å². The van der Waals surface area contributed by atoms with E-state index in [-0.39, 0.29) is 17.9 Å². The van der Waals surface area contributed by atoms with Gasteiger partial charge in [-0.2, -0.15) is 0 Å². The van der Waals surface area contributed by atoms with Crippen molar-refractivity contribution in [3.8, 4) is 23.0 Å². The van der Waals surface area contributed by atoms with Gasteiger partial charge in [0, 0.05) is 6.08 Å². The minimum atomic E-state index is -0.594. The number of aryl methyl sites for hydroxylation is 1. The molecule has 214 valence electrons. The first-order chi connectivity index (χ1) is 19.8. The molecule has 3 aromatic carbocycles. The van der Waals surface area contributed by atoms with Crippen molar-refractivity contribution in [2.75, 3.05) is 20.3 Å². The van der Waals surface area contributed by atoms with Gasteiger partial charge in [0.1, 0.15) is 11.5 Å². The number of methoxy groups -OCH3 is 1. The van der Waals surface area contributed by atoms with E-state index < -0.39 is 17.9 Å². The zero-order valence-electron chi connectivity index (χ0n) is 23.3. The van der Waals surface area contributed by atoms with Crippen molar-refractivity contribution < 1.29 is 38.1 Å². The van der Waals surface area contributed by atoms with Gasteiger partial charge in [0.05, 0.1) is 31.5 Å². The number of ether oxygens (including phenoxy) is 5. The maximum atomic E-state index is 12.6. The highest BCUT2D eigenvalue weighted by molar-refractivity contribution is 5.93. The number of hydrogen-bond donors (Lipinski definition) is 0. The summed E-state index contributed by atoms with van der Waals surface area (Å²) < 4.78 is 26.7. The van der Waals surface area contributed by atoms with E-state index in [1.54, 1.807) is 36.4 Å². The SMILES string of the molecule is C=CC(=O)OCCCCOc1ccc(C(=O)Oc2ccc(C(=O)Oc3ccc(C)cc3)cc2)cc1OC.C=CC=C. The van der Waals surface area contributed by atoms with E-state index >= 15 is 0 Å². The molecular formula is C33H34O8. The number of esters is 3. The zero-order chi connectivity index (χ0) is 30.0. The van der Waals surface area contributed by atoms with Crippen LogP contribution >= 0.6 is 0 Å². The van der Waals surface area contributed by atoms with E-state index in [0.717, 1.165) is 11.6 Å². The lowest BCUT2D eigenvalue weighted by atomic mass is 10.2. The van der Waals surface area contributed by atoms with Gasteiger partial charge < -0.3 is 23.7 Å². The number of carbonyl (C=O) groups is 3. The molecule has 41 heavy (non-hydrogen) atoms. The van der Waals surface area contributed by atoms with Crippen LogP contribution in [0.25, 0.3) is 0 Å². The molecule has 0 saturated heterocycles. The van der Waals surface area contributed by atoms with Crippen molar-refractivity contribution in [2.24, 2.45) is 0 Å². The predicted octanol–water partition coefficient (Wildman–Crippen LogP) is 6.69. The van der Waals surface area contributed by atoms with Gasteiger partial charge in [-0.1, -0.05) is 49.6 Å². The number of allylic oxidation sites excluding steroid dienone is 2. The molecular weight excluding hydrogens is 524 g/mol.